The SMILES string of the molecule is CC(C)(C)NCC(O)C1=CC(F)=CC(N)(Br)C1. The van der Waals surface area contributed by atoms with Crippen LogP contribution in [0.15, 0.2) is 23.6 Å². The molecule has 1 aliphatic rings. The van der Waals surface area contributed by atoms with Crippen molar-refractivity contribution in [3.05, 3.63) is 23.6 Å². The summed E-state index contributed by atoms with van der Waals surface area (Å²) < 4.78 is 12.4. The van der Waals surface area contributed by atoms with Crippen LogP contribution in [-0.2, 0) is 0 Å². The average molecular weight is 307 g/mol. The molecule has 4 N–H and O–H groups in total. The fourth-order valence-corrected chi connectivity index (χ4v) is 2.15. The van der Waals surface area contributed by atoms with Gasteiger partial charge in [0.15, 0.2) is 0 Å². The Kier molecular flexibility index (Phi) is 4.52. The van der Waals surface area contributed by atoms with Gasteiger partial charge in [-0.25, -0.2) is 4.39 Å². The number of nitrogens with two attached hydrogens (primary N) is 1. The highest BCUT2D eigenvalue weighted by atomic mass is 79.9. The molecule has 0 fully saturated rings. The molecular weight excluding hydrogens is 287 g/mol. The summed E-state index contributed by atoms with van der Waals surface area (Å²) >= 11 is 3.22. The van der Waals surface area contributed by atoms with Gasteiger partial charge < -0.3 is 16.2 Å². The van der Waals surface area contributed by atoms with Crippen LogP contribution in [0.2, 0.25) is 0 Å². The van der Waals surface area contributed by atoms with Gasteiger partial charge in [0.1, 0.15) is 5.83 Å². The van der Waals surface area contributed by atoms with Gasteiger partial charge in [-0.3, -0.25) is 0 Å². The predicted octanol–water partition coefficient (Wildman–Crippen LogP) is 1.97. The predicted molar refractivity (Wildman–Crippen MR) is 71.5 cm³/mol. The maximum absolute atomic E-state index is 13.3. The van der Waals surface area contributed by atoms with Crippen molar-refractivity contribution in [3.63, 3.8) is 0 Å². The topological polar surface area (TPSA) is 58.3 Å². The largest absolute Gasteiger partial charge is 0.387 e. The second kappa shape index (κ2) is 5.18. The van der Waals surface area contributed by atoms with Crippen molar-refractivity contribution in [2.75, 3.05) is 6.54 Å². The van der Waals surface area contributed by atoms with Gasteiger partial charge in [0.2, 0.25) is 0 Å². The van der Waals surface area contributed by atoms with Gasteiger partial charge in [-0.1, -0.05) is 15.9 Å². The first-order valence-corrected chi connectivity index (χ1v) is 6.38. The van der Waals surface area contributed by atoms with E-state index in [1.807, 2.05) is 20.8 Å². The van der Waals surface area contributed by atoms with Gasteiger partial charge in [0, 0.05) is 18.5 Å². The van der Waals surface area contributed by atoms with Crippen LogP contribution in [0, 0.1) is 0 Å². The molecule has 0 aliphatic heterocycles. The van der Waals surface area contributed by atoms with Gasteiger partial charge in [-0.15, -0.1) is 0 Å². The highest BCUT2D eigenvalue weighted by Crippen LogP contribution is 2.31. The number of alkyl halides is 1. The second-order valence-corrected chi connectivity index (χ2v) is 6.98. The van der Waals surface area contributed by atoms with E-state index in [1.165, 1.54) is 12.2 Å². The maximum Gasteiger partial charge on any atom is 0.121 e. The molecule has 1 rings (SSSR count). The van der Waals surface area contributed by atoms with Crippen molar-refractivity contribution in [1.29, 1.82) is 0 Å². The third kappa shape index (κ3) is 5.29. The molecule has 0 saturated heterocycles. The van der Waals surface area contributed by atoms with Crippen molar-refractivity contribution < 1.29 is 9.50 Å². The van der Waals surface area contributed by atoms with Crippen LogP contribution in [-0.4, -0.2) is 27.7 Å². The van der Waals surface area contributed by atoms with Gasteiger partial charge in [-0.05, 0) is 38.5 Å². The van der Waals surface area contributed by atoms with Gasteiger partial charge in [-0.2, -0.15) is 0 Å². The summed E-state index contributed by atoms with van der Waals surface area (Å²) in [5, 5.41) is 13.2. The van der Waals surface area contributed by atoms with Crippen LogP contribution in [0.25, 0.3) is 0 Å². The van der Waals surface area contributed by atoms with Crippen molar-refractivity contribution in [2.24, 2.45) is 5.73 Å². The van der Waals surface area contributed by atoms with Gasteiger partial charge in [0.05, 0.1) is 10.6 Å². The van der Waals surface area contributed by atoms with Crippen LogP contribution >= 0.6 is 15.9 Å². The average Bonchev–Trinajstić information content (AvgIpc) is 2.09. The Morgan fingerprint density at radius 2 is 2.24 bits per heavy atom. The molecule has 0 heterocycles. The van der Waals surface area contributed by atoms with Crippen LogP contribution in [0.1, 0.15) is 27.2 Å². The fraction of sp³-hybridized carbons (Fsp3) is 0.667. The molecule has 2 unspecified atom stereocenters. The van der Waals surface area contributed by atoms with Crippen molar-refractivity contribution in [2.45, 2.75) is 43.3 Å². The van der Waals surface area contributed by atoms with Crippen molar-refractivity contribution in [3.8, 4) is 0 Å². The molecule has 5 heteroatoms. The quantitative estimate of drug-likeness (QED) is 0.552. The van der Waals surface area contributed by atoms with E-state index in [1.54, 1.807) is 0 Å². The molecule has 1 aliphatic carbocycles. The Morgan fingerprint density at radius 3 is 2.71 bits per heavy atom. The smallest absolute Gasteiger partial charge is 0.121 e. The van der Waals surface area contributed by atoms with Gasteiger partial charge >= 0.3 is 0 Å². The molecule has 2 atom stereocenters. The normalized spacial score (nSPS) is 27.5. The Bertz CT molecular complexity index is 345. The number of rotatable bonds is 3. The number of β-amino-alcohol motifs (C(OH)–C–C–N with tert-alkyl or cyclic N) is 1. The Balaban J connectivity index is 2.65. The molecule has 0 aromatic carbocycles. The van der Waals surface area contributed by atoms with E-state index >= 15 is 0 Å². The first-order chi connectivity index (χ1) is 7.59. The molecule has 3 nitrogen and oxygen atoms in total. The van der Waals surface area contributed by atoms with Gasteiger partial charge in [0.25, 0.3) is 0 Å². The fourth-order valence-electron chi connectivity index (χ4n) is 1.61. The lowest BCUT2D eigenvalue weighted by Crippen LogP contribution is -2.43. The number of nitrogens with one attached hydrogen (secondary N) is 1. The Hall–Kier alpha value is -0.230. The highest BCUT2D eigenvalue weighted by Gasteiger charge is 2.28. The van der Waals surface area contributed by atoms with E-state index in [-0.39, 0.29) is 5.54 Å². The van der Waals surface area contributed by atoms with Crippen LogP contribution in [0.4, 0.5) is 4.39 Å². The second-order valence-electron chi connectivity index (χ2n) is 5.50. The summed E-state index contributed by atoms with van der Waals surface area (Å²) in [6, 6.07) is 0. The minimum Gasteiger partial charge on any atom is -0.387 e. The lowest BCUT2D eigenvalue weighted by molar-refractivity contribution is 0.188. The molecular formula is C12H20BrFN2O. The molecule has 17 heavy (non-hydrogen) atoms. The number of halogens is 2. The molecule has 0 spiro atoms. The molecule has 0 aromatic heterocycles. The summed E-state index contributed by atoms with van der Waals surface area (Å²) in [7, 11) is 0. The first kappa shape index (κ1) is 14.8. The van der Waals surface area contributed by atoms with E-state index in [2.05, 4.69) is 21.2 Å². The molecule has 0 radical (unpaired) electrons. The van der Waals surface area contributed by atoms with Crippen LogP contribution < -0.4 is 11.1 Å². The Morgan fingerprint density at radius 1 is 1.65 bits per heavy atom. The molecule has 0 bridgehead atoms. The number of hydrogen-bond acceptors (Lipinski definition) is 3. The zero-order chi connectivity index (χ0) is 13.3. The van der Waals surface area contributed by atoms with E-state index in [9.17, 15) is 9.50 Å². The minimum atomic E-state index is -0.899. The molecule has 0 amide bonds. The molecule has 98 valence electrons. The first-order valence-electron chi connectivity index (χ1n) is 5.59. The summed E-state index contributed by atoms with van der Waals surface area (Å²) in [6.07, 6.45) is 2.32. The summed E-state index contributed by atoms with van der Waals surface area (Å²) in [4.78, 5) is 0. The third-order valence-electron chi connectivity index (χ3n) is 2.43. The number of hydrogen-bond donors (Lipinski definition) is 3. The van der Waals surface area contributed by atoms with E-state index < -0.39 is 16.4 Å². The zero-order valence-electron chi connectivity index (χ0n) is 10.4. The van der Waals surface area contributed by atoms with E-state index in [0.29, 0.717) is 18.5 Å². The lowest BCUT2D eigenvalue weighted by Gasteiger charge is -2.29. The van der Waals surface area contributed by atoms with E-state index in [4.69, 9.17) is 5.73 Å². The summed E-state index contributed by atoms with van der Waals surface area (Å²) in [6.45, 7) is 6.40. The number of aliphatic hydroxyl groups is 1. The minimum absolute atomic E-state index is 0.0845. The zero-order valence-corrected chi connectivity index (χ0v) is 12.0. The van der Waals surface area contributed by atoms with Crippen molar-refractivity contribution >= 4 is 15.9 Å². The third-order valence-corrected chi connectivity index (χ3v) is 2.94. The molecule has 0 saturated carbocycles. The molecule has 0 aromatic rings. The number of aliphatic hydroxyl groups excluding tert-OH is 1. The standard InChI is InChI=1S/C12H20BrFN2O/c1-11(2,3)16-7-10(17)8-4-9(14)6-12(13,15)5-8/h4,6,10,16-17H,5,7,15H2,1-3H3. The maximum atomic E-state index is 13.3. The summed E-state index contributed by atoms with van der Waals surface area (Å²) in [5.41, 5.74) is 6.32. The monoisotopic (exact) mass is 306 g/mol. The van der Waals surface area contributed by atoms with Crippen LogP contribution in [0.5, 0.6) is 0 Å². The number of allylic oxidation sites excluding steroid dienone is 2. The van der Waals surface area contributed by atoms with Crippen molar-refractivity contribution in [1.82, 2.24) is 5.32 Å². The van der Waals surface area contributed by atoms with Crippen LogP contribution in [0.3, 0.4) is 0 Å². The lowest BCUT2D eigenvalue weighted by atomic mass is 9.95. The summed E-state index contributed by atoms with van der Waals surface area (Å²) in [5.74, 6) is -0.416. The Labute approximate surface area is 110 Å². The van der Waals surface area contributed by atoms with E-state index in [0.717, 1.165) is 0 Å². The highest BCUT2D eigenvalue weighted by molar-refractivity contribution is 9.10.